The number of ether oxygens (including phenoxy) is 3. The first kappa shape index (κ1) is 30.7. The standard InChI is InChI=1S/C30H34BrN5O6/c1-6-41-25-14-20(28-27(29(38)40-5)18(3)33-30(39)34-28)7-12-24(25)42-16-26(37)35-32-15-21-13-17(2)36(19(21)4)23-10-8-22(31)9-11-23/h7-15,26,28,35,37H,6,16H2,1-5H3,(H2,33,34,39)/b32-15+/t26-,28-/m0/s1. The van der Waals surface area contributed by atoms with Gasteiger partial charge in [-0.05, 0) is 75.7 Å². The number of aliphatic hydroxyl groups is 1. The summed E-state index contributed by atoms with van der Waals surface area (Å²) >= 11 is 3.47. The molecule has 2 heterocycles. The fourth-order valence-electron chi connectivity index (χ4n) is 4.72. The molecule has 222 valence electrons. The number of aromatic nitrogens is 1. The number of hydrazone groups is 1. The fourth-order valence-corrected chi connectivity index (χ4v) is 4.99. The Hall–Kier alpha value is -4.29. The van der Waals surface area contributed by atoms with Crippen molar-refractivity contribution in [1.82, 2.24) is 20.6 Å². The highest BCUT2D eigenvalue weighted by atomic mass is 79.9. The number of allylic oxidation sites excluding steroid dienone is 1. The molecule has 0 saturated carbocycles. The number of nitrogens with one attached hydrogen (secondary N) is 3. The SMILES string of the molecule is CCOc1cc([C@@H]2NC(=O)NC(C)=C2C(=O)OC)ccc1OC[C@H](O)N/N=C/c1cc(C)n(-c2ccc(Br)cc2)c1C. The predicted molar refractivity (Wildman–Crippen MR) is 162 cm³/mol. The van der Waals surface area contributed by atoms with Crippen LogP contribution in [-0.4, -0.2) is 54.4 Å². The Balaban J connectivity index is 1.43. The number of benzene rings is 2. The Morgan fingerprint density at radius 3 is 2.57 bits per heavy atom. The van der Waals surface area contributed by atoms with Crippen LogP contribution in [0.2, 0.25) is 0 Å². The minimum atomic E-state index is -1.11. The maximum absolute atomic E-state index is 12.4. The Labute approximate surface area is 252 Å². The summed E-state index contributed by atoms with van der Waals surface area (Å²) in [6.07, 6.45) is 0.550. The highest BCUT2D eigenvalue weighted by Crippen LogP contribution is 2.35. The molecule has 1 aromatic heterocycles. The summed E-state index contributed by atoms with van der Waals surface area (Å²) in [5.74, 6) is 0.207. The lowest BCUT2D eigenvalue weighted by atomic mass is 9.95. The molecule has 4 N–H and O–H groups in total. The molecular formula is C30H34BrN5O6. The van der Waals surface area contributed by atoms with Gasteiger partial charge in [0.15, 0.2) is 17.7 Å². The minimum Gasteiger partial charge on any atom is -0.490 e. The van der Waals surface area contributed by atoms with Crippen molar-refractivity contribution in [2.45, 2.75) is 40.0 Å². The summed E-state index contributed by atoms with van der Waals surface area (Å²) in [6.45, 7) is 7.72. The van der Waals surface area contributed by atoms with Crippen molar-refractivity contribution in [3.63, 3.8) is 0 Å². The topological polar surface area (TPSA) is 135 Å². The summed E-state index contributed by atoms with van der Waals surface area (Å²) in [4.78, 5) is 24.6. The van der Waals surface area contributed by atoms with Gasteiger partial charge in [0.05, 0.1) is 31.5 Å². The van der Waals surface area contributed by atoms with Crippen LogP contribution in [0, 0.1) is 13.8 Å². The maximum atomic E-state index is 12.4. The zero-order chi connectivity index (χ0) is 30.4. The van der Waals surface area contributed by atoms with Crippen LogP contribution >= 0.6 is 15.9 Å². The van der Waals surface area contributed by atoms with Gasteiger partial charge in [-0.1, -0.05) is 22.0 Å². The van der Waals surface area contributed by atoms with Crippen LogP contribution in [0.4, 0.5) is 4.79 Å². The van der Waals surface area contributed by atoms with Crippen molar-refractivity contribution in [1.29, 1.82) is 0 Å². The van der Waals surface area contributed by atoms with Gasteiger partial charge in [0.1, 0.15) is 6.61 Å². The molecule has 2 atom stereocenters. The van der Waals surface area contributed by atoms with Crippen LogP contribution in [0.15, 0.2) is 69.4 Å². The lowest BCUT2D eigenvalue weighted by molar-refractivity contribution is -0.136. The maximum Gasteiger partial charge on any atom is 0.337 e. The largest absolute Gasteiger partial charge is 0.490 e. The molecule has 0 radical (unpaired) electrons. The molecule has 2 amide bonds. The molecule has 1 aliphatic heterocycles. The van der Waals surface area contributed by atoms with E-state index in [1.807, 2.05) is 51.1 Å². The van der Waals surface area contributed by atoms with E-state index < -0.39 is 24.3 Å². The molecule has 0 spiro atoms. The second-order valence-electron chi connectivity index (χ2n) is 9.55. The van der Waals surface area contributed by atoms with Crippen LogP contribution in [0.3, 0.4) is 0 Å². The fraction of sp³-hybridized carbons (Fsp3) is 0.300. The summed E-state index contributed by atoms with van der Waals surface area (Å²) < 4.78 is 19.6. The van der Waals surface area contributed by atoms with Crippen LogP contribution in [0.5, 0.6) is 11.5 Å². The van der Waals surface area contributed by atoms with Crippen molar-refractivity contribution < 1.29 is 28.9 Å². The molecule has 2 aromatic carbocycles. The highest BCUT2D eigenvalue weighted by Gasteiger charge is 2.32. The molecule has 0 bridgehead atoms. The number of carbonyl (C=O) groups excluding carboxylic acids is 2. The van der Waals surface area contributed by atoms with E-state index in [0.29, 0.717) is 29.4 Å². The van der Waals surface area contributed by atoms with Gasteiger partial charge in [0.25, 0.3) is 0 Å². The zero-order valence-electron chi connectivity index (χ0n) is 24.0. The van der Waals surface area contributed by atoms with Gasteiger partial charge in [0.2, 0.25) is 0 Å². The van der Waals surface area contributed by atoms with Crippen LogP contribution < -0.4 is 25.5 Å². The highest BCUT2D eigenvalue weighted by molar-refractivity contribution is 9.10. The Bertz CT molecular complexity index is 1520. The quantitative estimate of drug-likeness (QED) is 0.106. The average Bonchev–Trinajstić information content (AvgIpc) is 3.24. The van der Waals surface area contributed by atoms with E-state index in [0.717, 1.165) is 27.1 Å². The number of aliphatic hydroxyl groups excluding tert-OH is 1. The van der Waals surface area contributed by atoms with Gasteiger partial charge in [-0.25, -0.2) is 9.59 Å². The lowest BCUT2D eigenvalue weighted by Gasteiger charge is -2.28. The van der Waals surface area contributed by atoms with E-state index >= 15 is 0 Å². The number of carbonyl (C=O) groups is 2. The average molecular weight is 641 g/mol. The number of nitrogens with zero attached hydrogens (tertiary/aromatic N) is 2. The van der Waals surface area contributed by atoms with Crippen LogP contribution in [0.25, 0.3) is 5.69 Å². The molecule has 4 rings (SSSR count). The first-order valence-electron chi connectivity index (χ1n) is 13.3. The van der Waals surface area contributed by atoms with Gasteiger partial charge in [-0.2, -0.15) is 5.10 Å². The molecule has 0 fully saturated rings. The third kappa shape index (κ3) is 6.94. The van der Waals surface area contributed by atoms with Crippen LogP contribution in [0.1, 0.15) is 42.4 Å². The molecule has 0 unspecified atom stereocenters. The molecule has 3 aromatic rings. The van der Waals surface area contributed by atoms with Crippen molar-refractivity contribution >= 4 is 34.1 Å². The molecule has 12 heteroatoms. The normalized spacial score (nSPS) is 15.7. The second-order valence-corrected chi connectivity index (χ2v) is 10.5. The monoisotopic (exact) mass is 639 g/mol. The van der Waals surface area contributed by atoms with Crippen molar-refractivity contribution in [3.8, 4) is 17.2 Å². The number of hydrogen-bond donors (Lipinski definition) is 4. The van der Waals surface area contributed by atoms with Crippen molar-refractivity contribution in [2.24, 2.45) is 5.10 Å². The number of aryl methyl sites for hydroxylation is 1. The number of halogens is 1. The summed E-state index contributed by atoms with van der Waals surface area (Å²) in [6, 6.07) is 14.0. The predicted octanol–water partition coefficient (Wildman–Crippen LogP) is 4.38. The minimum absolute atomic E-state index is 0.120. The lowest BCUT2D eigenvalue weighted by Crippen LogP contribution is -2.45. The molecular weight excluding hydrogens is 606 g/mol. The van der Waals surface area contributed by atoms with E-state index in [2.05, 4.69) is 41.7 Å². The van der Waals surface area contributed by atoms with Crippen molar-refractivity contribution in [3.05, 3.63) is 86.8 Å². The van der Waals surface area contributed by atoms with Gasteiger partial charge in [0, 0.05) is 32.8 Å². The summed E-state index contributed by atoms with van der Waals surface area (Å²) in [5.41, 5.74) is 7.99. The van der Waals surface area contributed by atoms with E-state index in [1.54, 1.807) is 31.3 Å². The first-order valence-corrected chi connectivity index (χ1v) is 14.1. The Morgan fingerprint density at radius 1 is 1.14 bits per heavy atom. The second kappa shape index (κ2) is 13.6. The van der Waals surface area contributed by atoms with Gasteiger partial charge < -0.3 is 34.5 Å². The summed E-state index contributed by atoms with van der Waals surface area (Å²) in [7, 11) is 1.28. The van der Waals surface area contributed by atoms with E-state index in [1.165, 1.54) is 7.11 Å². The van der Waals surface area contributed by atoms with Gasteiger partial charge in [-0.15, -0.1) is 0 Å². The van der Waals surface area contributed by atoms with Gasteiger partial charge >= 0.3 is 12.0 Å². The van der Waals surface area contributed by atoms with Crippen LogP contribution in [-0.2, 0) is 9.53 Å². The van der Waals surface area contributed by atoms with E-state index in [4.69, 9.17) is 14.2 Å². The Morgan fingerprint density at radius 2 is 1.88 bits per heavy atom. The third-order valence-corrected chi connectivity index (χ3v) is 7.18. The number of methoxy groups -OCH3 is 1. The number of urea groups is 1. The Kier molecular flexibility index (Phi) is 9.92. The summed E-state index contributed by atoms with van der Waals surface area (Å²) in [5, 5.41) is 20.0. The molecule has 42 heavy (non-hydrogen) atoms. The van der Waals surface area contributed by atoms with Gasteiger partial charge in [-0.3, -0.25) is 5.43 Å². The first-order chi connectivity index (χ1) is 20.1. The number of esters is 1. The number of amides is 2. The molecule has 1 aliphatic rings. The third-order valence-electron chi connectivity index (χ3n) is 6.65. The molecule has 11 nitrogen and oxygen atoms in total. The van der Waals surface area contributed by atoms with E-state index in [9.17, 15) is 14.7 Å². The zero-order valence-corrected chi connectivity index (χ0v) is 25.6. The molecule has 0 saturated heterocycles. The number of rotatable bonds is 11. The van der Waals surface area contributed by atoms with E-state index in [-0.39, 0.29) is 12.2 Å². The smallest absolute Gasteiger partial charge is 0.337 e. The molecule has 0 aliphatic carbocycles. The van der Waals surface area contributed by atoms with Crippen molar-refractivity contribution in [2.75, 3.05) is 20.3 Å². The number of hydrogen-bond acceptors (Lipinski definition) is 8.